The molecule has 4 atom stereocenters. The molecule has 1 fully saturated rings. The molecule has 0 spiro atoms. The quantitative estimate of drug-likeness (QED) is 0.744. The molecule has 0 N–H and O–H groups in total. The summed E-state index contributed by atoms with van der Waals surface area (Å²) in [6, 6.07) is 0.112. The van der Waals surface area contributed by atoms with E-state index in [2.05, 4.69) is 38.8 Å². The van der Waals surface area contributed by atoms with E-state index in [9.17, 15) is 4.39 Å². The smallest absolute Gasteiger partial charge is 0.201 e. The van der Waals surface area contributed by atoms with Crippen LogP contribution < -0.4 is 0 Å². The molecular weight excluding hydrogens is 261 g/mol. The second kappa shape index (κ2) is 5.80. The van der Waals surface area contributed by atoms with Crippen LogP contribution in [0.1, 0.15) is 34.1 Å². The summed E-state index contributed by atoms with van der Waals surface area (Å²) in [6.07, 6.45) is -1.11. The first kappa shape index (κ1) is 17.1. The lowest BCUT2D eigenvalue weighted by Crippen LogP contribution is -2.58. The molecule has 1 aliphatic heterocycles. The van der Waals surface area contributed by atoms with E-state index in [1.54, 1.807) is 0 Å². The molecule has 0 aliphatic carbocycles. The Morgan fingerprint density at radius 1 is 1.26 bits per heavy atom. The Hall–Kier alpha value is 0.0269. The Balaban J connectivity index is 2.89. The van der Waals surface area contributed by atoms with E-state index in [1.807, 2.05) is 21.0 Å². The van der Waals surface area contributed by atoms with Crippen molar-refractivity contribution in [2.24, 2.45) is 0 Å². The average molecular weight is 291 g/mol. The highest BCUT2D eigenvalue weighted by molar-refractivity contribution is 6.74. The molecule has 0 aromatic heterocycles. The third kappa shape index (κ3) is 4.00. The first-order valence-electron chi connectivity index (χ1n) is 7.09. The van der Waals surface area contributed by atoms with Gasteiger partial charge in [0.1, 0.15) is 0 Å². The van der Waals surface area contributed by atoms with Gasteiger partial charge in [0.05, 0.1) is 18.2 Å². The van der Waals surface area contributed by atoms with Crippen LogP contribution in [0.25, 0.3) is 0 Å². The van der Waals surface area contributed by atoms with E-state index < -0.39 is 14.7 Å². The maximum Gasteiger partial charge on any atom is 0.201 e. The number of ether oxygens (including phenoxy) is 1. The molecule has 0 saturated carbocycles. The molecule has 3 nitrogen and oxygen atoms in total. The predicted molar refractivity (Wildman–Crippen MR) is 79.6 cm³/mol. The van der Waals surface area contributed by atoms with Gasteiger partial charge in [-0.1, -0.05) is 20.8 Å². The van der Waals surface area contributed by atoms with Crippen LogP contribution >= 0.6 is 0 Å². The number of likely N-dealkylation sites (N-methyl/N-ethyl adjacent to an activating group) is 1. The van der Waals surface area contributed by atoms with Gasteiger partial charge in [-0.2, -0.15) is 0 Å². The average Bonchev–Trinajstić information content (AvgIpc) is 2.12. The van der Waals surface area contributed by atoms with Crippen molar-refractivity contribution in [1.29, 1.82) is 0 Å². The Bertz CT molecular complexity index is 304. The molecule has 0 amide bonds. The van der Waals surface area contributed by atoms with Gasteiger partial charge < -0.3 is 14.1 Å². The topological polar surface area (TPSA) is 21.7 Å². The first-order chi connectivity index (χ1) is 8.45. The number of nitrogens with zero attached hydrogens (tertiary/aromatic N) is 1. The monoisotopic (exact) mass is 291 g/mol. The fourth-order valence-electron chi connectivity index (χ4n) is 2.42. The van der Waals surface area contributed by atoms with Gasteiger partial charge in [0.15, 0.2) is 8.32 Å². The summed E-state index contributed by atoms with van der Waals surface area (Å²) in [5, 5.41) is 0.136. The Labute approximate surface area is 118 Å². The fourth-order valence-corrected chi connectivity index (χ4v) is 3.76. The molecule has 114 valence electrons. The van der Waals surface area contributed by atoms with E-state index >= 15 is 0 Å². The predicted octanol–water partition coefficient (Wildman–Crippen LogP) is 3.41. The van der Waals surface area contributed by atoms with Crippen molar-refractivity contribution in [3.05, 3.63) is 0 Å². The summed E-state index contributed by atoms with van der Waals surface area (Å²) >= 11 is 0. The Morgan fingerprint density at radius 2 is 1.79 bits per heavy atom. The summed E-state index contributed by atoms with van der Waals surface area (Å²) in [5.74, 6) is 0. The molecule has 5 heteroatoms. The highest BCUT2D eigenvalue weighted by Crippen LogP contribution is 2.39. The molecule has 0 bridgehead atoms. The van der Waals surface area contributed by atoms with Gasteiger partial charge in [0.25, 0.3) is 0 Å². The minimum atomic E-state index is -1.89. The maximum atomic E-state index is 13.7. The highest BCUT2D eigenvalue weighted by atomic mass is 28.4. The zero-order valence-electron chi connectivity index (χ0n) is 13.7. The van der Waals surface area contributed by atoms with Crippen molar-refractivity contribution < 1.29 is 13.6 Å². The molecule has 0 aromatic rings. The van der Waals surface area contributed by atoms with Crippen LogP contribution in [0.4, 0.5) is 4.39 Å². The second-order valence-corrected chi connectivity index (χ2v) is 12.1. The van der Waals surface area contributed by atoms with Crippen molar-refractivity contribution in [2.45, 2.75) is 76.9 Å². The Morgan fingerprint density at radius 3 is 2.21 bits per heavy atom. The van der Waals surface area contributed by atoms with E-state index in [4.69, 9.17) is 9.16 Å². The lowest BCUT2D eigenvalue weighted by Gasteiger charge is -2.47. The summed E-state index contributed by atoms with van der Waals surface area (Å²) in [6.45, 7) is 13.0. The summed E-state index contributed by atoms with van der Waals surface area (Å²) in [4.78, 5) is 2.09. The lowest BCUT2D eigenvalue weighted by atomic mass is 9.99. The maximum absolute atomic E-state index is 13.7. The van der Waals surface area contributed by atoms with Crippen LogP contribution in [0.5, 0.6) is 0 Å². The van der Waals surface area contributed by atoms with Crippen LogP contribution in [-0.4, -0.2) is 51.9 Å². The molecule has 1 unspecified atom stereocenters. The molecule has 0 aromatic carbocycles. The third-order valence-corrected chi connectivity index (χ3v) is 8.99. The third-order valence-electron chi connectivity index (χ3n) is 4.49. The Kier molecular flexibility index (Phi) is 5.21. The van der Waals surface area contributed by atoms with Crippen LogP contribution in [0.15, 0.2) is 0 Å². The number of hydrogen-bond donors (Lipinski definition) is 0. The van der Waals surface area contributed by atoms with Crippen molar-refractivity contribution in [2.75, 3.05) is 14.1 Å². The summed E-state index contributed by atoms with van der Waals surface area (Å²) < 4.78 is 25.4. The standard InChI is InChI=1S/C14H30FNO2Si/c1-10-13(16(5)6)11(9-12(15)17-10)18-19(7,8)14(2,3)4/h10-13H,9H2,1-8H3/t10-,11-,12?,13+/m0/s1. The van der Waals surface area contributed by atoms with Gasteiger partial charge >= 0.3 is 0 Å². The summed E-state index contributed by atoms with van der Waals surface area (Å²) in [7, 11) is 2.12. The molecule has 1 heterocycles. The van der Waals surface area contributed by atoms with Crippen LogP contribution in [0, 0.1) is 0 Å². The SMILES string of the molecule is C[C@@H]1OC(F)C[C@H](O[Si](C)(C)C(C)(C)C)[C@@H]1N(C)C. The number of halogens is 1. The largest absolute Gasteiger partial charge is 0.412 e. The van der Waals surface area contributed by atoms with Gasteiger partial charge in [-0.15, -0.1) is 0 Å². The minimum absolute atomic E-state index is 0.0883. The fraction of sp³-hybridized carbons (Fsp3) is 1.00. The van der Waals surface area contributed by atoms with Gasteiger partial charge in [0, 0.05) is 6.42 Å². The van der Waals surface area contributed by atoms with E-state index in [1.165, 1.54) is 0 Å². The first-order valence-corrected chi connectivity index (χ1v) is 10.0. The normalized spacial score (nSPS) is 33.8. The van der Waals surface area contributed by atoms with Gasteiger partial charge in [0.2, 0.25) is 6.36 Å². The van der Waals surface area contributed by atoms with Crippen molar-refractivity contribution in [1.82, 2.24) is 4.90 Å². The van der Waals surface area contributed by atoms with Crippen LogP contribution in [0.3, 0.4) is 0 Å². The molecule has 1 aliphatic rings. The molecule has 1 rings (SSSR count). The molecule has 19 heavy (non-hydrogen) atoms. The zero-order chi connectivity index (χ0) is 15.0. The highest BCUT2D eigenvalue weighted by Gasteiger charge is 2.45. The minimum Gasteiger partial charge on any atom is -0.412 e. The van der Waals surface area contributed by atoms with Gasteiger partial charge in [-0.25, -0.2) is 4.39 Å². The van der Waals surface area contributed by atoms with E-state index in [0.29, 0.717) is 6.42 Å². The number of alkyl halides is 1. The van der Waals surface area contributed by atoms with Gasteiger partial charge in [-0.3, -0.25) is 0 Å². The summed E-state index contributed by atoms with van der Waals surface area (Å²) in [5.41, 5.74) is 0. The zero-order valence-corrected chi connectivity index (χ0v) is 14.7. The van der Waals surface area contributed by atoms with E-state index in [-0.39, 0.29) is 23.3 Å². The second-order valence-electron chi connectivity index (χ2n) is 7.36. The van der Waals surface area contributed by atoms with Crippen molar-refractivity contribution in [3.63, 3.8) is 0 Å². The number of hydrogen-bond acceptors (Lipinski definition) is 3. The van der Waals surface area contributed by atoms with E-state index in [0.717, 1.165) is 0 Å². The van der Waals surface area contributed by atoms with Gasteiger partial charge in [-0.05, 0) is 39.2 Å². The molecule has 1 saturated heterocycles. The van der Waals surface area contributed by atoms with Crippen LogP contribution in [-0.2, 0) is 9.16 Å². The van der Waals surface area contributed by atoms with Crippen molar-refractivity contribution >= 4 is 8.32 Å². The van der Waals surface area contributed by atoms with Crippen LogP contribution in [0.2, 0.25) is 18.1 Å². The lowest BCUT2D eigenvalue weighted by molar-refractivity contribution is -0.173. The number of rotatable bonds is 3. The van der Waals surface area contributed by atoms with Crippen molar-refractivity contribution in [3.8, 4) is 0 Å². The molecular formula is C14H30FNO2Si. The molecule has 0 radical (unpaired) electrons.